The topological polar surface area (TPSA) is 61.4 Å². The van der Waals surface area contributed by atoms with Gasteiger partial charge in [0.15, 0.2) is 0 Å². The Hall–Kier alpha value is -3.38. The number of nitrogens with one attached hydrogen (secondary N) is 2. The second-order valence-corrected chi connectivity index (χ2v) is 7.67. The maximum Gasteiger partial charge on any atom is 0.255 e. The number of carbonyl (C=O) groups excluding carboxylic acids is 2. The zero-order chi connectivity index (χ0) is 22.4. The lowest BCUT2D eigenvalue weighted by atomic mass is 10.2. The zero-order valence-corrected chi connectivity index (χ0v) is 18.0. The van der Waals surface area contributed by atoms with Crippen molar-refractivity contribution in [2.24, 2.45) is 0 Å². The Labute approximate surface area is 185 Å². The molecule has 0 spiro atoms. The van der Waals surface area contributed by atoms with Gasteiger partial charge in [-0.15, -0.1) is 0 Å². The van der Waals surface area contributed by atoms with E-state index in [4.69, 9.17) is 11.6 Å². The molecule has 2 N–H and O–H groups in total. The molecule has 0 aliphatic carbocycles. The number of amides is 2. The molecule has 7 heteroatoms. The van der Waals surface area contributed by atoms with Gasteiger partial charge < -0.3 is 15.5 Å². The fourth-order valence-electron chi connectivity index (χ4n) is 3.08. The lowest BCUT2D eigenvalue weighted by Gasteiger charge is -2.23. The molecule has 5 nitrogen and oxygen atoms in total. The van der Waals surface area contributed by atoms with Gasteiger partial charge in [0.25, 0.3) is 5.91 Å². The highest BCUT2D eigenvalue weighted by Crippen LogP contribution is 2.17. The van der Waals surface area contributed by atoms with Gasteiger partial charge in [-0.3, -0.25) is 9.59 Å². The Morgan fingerprint density at radius 2 is 1.65 bits per heavy atom. The first-order chi connectivity index (χ1) is 14.8. The van der Waals surface area contributed by atoms with Crippen molar-refractivity contribution in [2.75, 3.05) is 17.7 Å². The third-order valence-corrected chi connectivity index (χ3v) is 4.94. The molecule has 0 radical (unpaired) electrons. The highest BCUT2D eigenvalue weighted by atomic mass is 35.5. The Kier molecular flexibility index (Phi) is 7.26. The summed E-state index contributed by atoms with van der Waals surface area (Å²) in [7, 11) is 1.68. The Morgan fingerprint density at radius 1 is 1.00 bits per heavy atom. The van der Waals surface area contributed by atoms with Crippen LogP contribution < -0.4 is 10.6 Å². The monoisotopic (exact) mass is 439 g/mol. The van der Waals surface area contributed by atoms with Crippen LogP contribution in [0.25, 0.3) is 0 Å². The van der Waals surface area contributed by atoms with Crippen molar-refractivity contribution in [1.29, 1.82) is 0 Å². The molecule has 0 fully saturated rings. The highest BCUT2D eigenvalue weighted by Gasteiger charge is 2.18. The number of halogens is 2. The molecule has 1 atom stereocenters. The number of likely N-dealkylation sites (N-methyl/N-ethyl adjacent to an activating group) is 1. The molecule has 0 aromatic heterocycles. The average Bonchev–Trinajstić information content (AvgIpc) is 2.75. The molecule has 0 saturated carbocycles. The first kappa shape index (κ1) is 22.3. The van der Waals surface area contributed by atoms with Crippen molar-refractivity contribution >= 4 is 34.8 Å². The summed E-state index contributed by atoms with van der Waals surface area (Å²) in [5.74, 6) is -0.683. The van der Waals surface area contributed by atoms with E-state index in [2.05, 4.69) is 10.6 Å². The SMILES string of the molecule is CC(Nc1ccc(NC(=O)c2ccc(Cl)cc2)cc1)C(=O)N(C)Cc1cccc(F)c1. The van der Waals surface area contributed by atoms with Crippen molar-refractivity contribution < 1.29 is 14.0 Å². The van der Waals surface area contributed by atoms with E-state index in [0.717, 1.165) is 11.3 Å². The average molecular weight is 440 g/mol. The van der Waals surface area contributed by atoms with Crippen molar-refractivity contribution in [3.63, 3.8) is 0 Å². The van der Waals surface area contributed by atoms with Gasteiger partial charge in [-0.05, 0) is 73.2 Å². The first-order valence-corrected chi connectivity index (χ1v) is 10.1. The van der Waals surface area contributed by atoms with Gasteiger partial charge in [0.2, 0.25) is 5.91 Å². The van der Waals surface area contributed by atoms with Crippen LogP contribution in [0.3, 0.4) is 0 Å². The standard InChI is InChI=1S/C24H23ClFN3O2/c1-16(24(31)29(2)15-17-4-3-5-20(26)14-17)27-21-10-12-22(13-11-21)28-23(30)18-6-8-19(25)9-7-18/h3-14,16,27H,15H2,1-2H3,(H,28,30). The van der Waals surface area contributed by atoms with Crippen molar-refractivity contribution in [3.05, 3.63) is 94.8 Å². The van der Waals surface area contributed by atoms with Crippen LogP contribution in [0.2, 0.25) is 5.02 Å². The van der Waals surface area contributed by atoms with Gasteiger partial charge in [-0.25, -0.2) is 4.39 Å². The lowest BCUT2D eigenvalue weighted by molar-refractivity contribution is -0.130. The fourth-order valence-corrected chi connectivity index (χ4v) is 3.21. The van der Waals surface area contributed by atoms with Gasteiger partial charge in [-0.1, -0.05) is 23.7 Å². The maximum absolute atomic E-state index is 13.3. The van der Waals surface area contributed by atoms with E-state index in [9.17, 15) is 14.0 Å². The van der Waals surface area contributed by atoms with Gasteiger partial charge >= 0.3 is 0 Å². The summed E-state index contributed by atoms with van der Waals surface area (Å²) in [6.07, 6.45) is 0. The molecule has 0 saturated heterocycles. The zero-order valence-electron chi connectivity index (χ0n) is 17.2. The van der Waals surface area contributed by atoms with E-state index in [0.29, 0.717) is 22.8 Å². The normalized spacial score (nSPS) is 11.5. The van der Waals surface area contributed by atoms with Crippen molar-refractivity contribution in [1.82, 2.24) is 4.90 Å². The minimum Gasteiger partial charge on any atom is -0.374 e. The van der Waals surface area contributed by atoms with E-state index < -0.39 is 6.04 Å². The van der Waals surface area contributed by atoms with E-state index >= 15 is 0 Å². The molecular formula is C24H23ClFN3O2. The molecule has 3 aromatic rings. The van der Waals surface area contributed by atoms with E-state index in [1.807, 2.05) is 0 Å². The number of anilines is 2. The molecular weight excluding hydrogens is 417 g/mol. The fraction of sp³-hybridized carbons (Fsp3) is 0.167. The predicted molar refractivity (Wildman–Crippen MR) is 122 cm³/mol. The van der Waals surface area contributed by atoms with E-state index in [-0.39, 0.29) is 17.6 Å². The van der Waals surface area contributed by atoms with Gasteiger partial charge in [-0.2, -0.15) is 0 Å². The molecule has 0 heterocycles. The molecule has 0 aliphatic rings. The summed E-state index contributed by atoms with van der Waals surface area (Å²) >= 11 is 5.84. The Balaban J connectivity index is 1.55. The summed E-state index contributed by atoms with van der Waals surface area (Å²) in [5.41, 5.74) is 2.60. The predicted octanol–water partition coefficient (Wildman–Crippen LogP) is 5.19. The molecule has 0 bridgehead atoms. The van der Waals surface area contributed by atoms with E-state index in [1.165, 1.54) is 12.1 Å². The van der Waals surface area contributed by atoms with Crippen LogP contribution >= 0.6 is 11.6 Å². The number of rotatable bonds is 7. The van der Waals surface area contributed by atoms with Crippen LogP contribution in [-0.2, 0) is 11.3 Å². The van der Waals surface area contributed by atoms with Gasteiger partial charge in [0, 0.05) is 35.6 Å². The Morgan fingerprint density at radius 3 is 2.29 bits per heavy atom. The summed E-state index contributed by atoms with van der Waals surface area (Å²) in [5, 5.41) is 6.53. The largest absolute Gasteiger partial charge is 0.374 e. The van der Waals surface area contributed by atoms with Crippen LogP contribution in [0.1, 0.15) is 22.8 Å². The lowest BCUT2D eigenvalue weighted by Crippen LogP contribution is -2.38. The van der Waals surface area contributed by atoms with Crippen LogP contribution in [0.5, 0.6) is 0 Å². The van der Waals surface area contributed by atoms with Crippen LogP contribution in [0.4, 0.5) is 15.8 Å². The Bertz CT molecular complexity index is 1060. The molecule has 0 aliphatic heterocycles. The minimum absolute atomic E-state index is 0.121. The van der Waals surface area contributed by atoms with E-state index in [1.54, 1.807) is 79.5 Å². The maximum atomic E-state index is 13.3. The number of nitrogens with zero attached hydrogens (tertiary/aromatic N) is 1. The molecule has 2 amide bonds. The van der Waals surface area contributed by atoms with Crippen LogP contribution in [0.15, 0.2) is 72.8 Å². The quantitative estimate of drug-likeness (QED) is 0.532. The summed E-state index contributed by atoms with van der Waals surface area (Å²) in [4.78, 5) is 26.5. The summed E-state index contributed by atoms with van der Waals surface area (Å²) < 4.78 is 13.3. The highest BCUT2D eigenvalue weighted by molar-refractivity contribution is 6.30. The number of hydrogen-bond acceptors (Lipinski definition) is 3. The molecule has 31 heavy (non-hydrogen) atoms. The summed E-state index contributed by atoms with van der Waals surface area (Å²) in [6, 6.07) is 19.4. The second kappa shape index (κ2) is 10.1. The number of benzene rings is 3. The van der Waals surface area contributed by atoms with Crippen LogP contribution in [-0.4, -0.2) is 29.8 Å². The van der Waals surface area contributed by atoms with Crippen molar-refractivity contribution in [3.8, 4) is 0 Å². The third kappa shape index (κ3) is 6.30. The third-order valence-electron chi connectivity index (χ3n) is 4.69. The second-order valence-electron chi connectivity index (χ2n) is 7.23. The van der Waals surface area contributed by atoms with Crippen LogP contribution in [0, 0.1) is 5.82 Å². The number of hydrogen-bond donors (Lipinski definition) is 2. The molecule has 3 aromatic carbocycles. The number of carbonyl (C=O) groups is 2. The smallest absolute Gasteiger partial charge is 0.255 e. The van der Waals surface area contributed by atoms with Gasteiger partial charge in [0.1, 0.15) is 11.9 Å². The molecule has 3 rings (SSSR count). The van der Waals surface area contributed by atoms with Gasteiger partial charge in [0.05, 0.1) is 0 Å². The first-order valence-electron chi connectivity index (χ1n) is 9.75. The molecule has 160 valence electrons. The van der Waals surface area contributed by atoms with Crippen molar-refractivity contribution in [2.45, 2.75) is 19.5 Å². The minimum atomic E-state index is -0.479. The summed E-state index contributed by atoms with van der Waals surface area (Å²) in [6.45, 7) is 2.08. The molecule has 1 unspecified atom stereocenters.